The van der Waals surface area contributed by atoms with Crippen molar-refractivity contribution < 1.29 is 5.11 Å². The number of aromatic nitrogens is 1. The maximum atomic E-state index is 8.40. The van der Waals surface area contributed by atoms with Crippen LogP contribution in [-0.4, -0.2) is 20.2 Å². The predicted molar refractivity (Wildman–Crippen MR) is 64.7 cm³/mol. The molecule has 0 saturated carbocycles. The first-order chi connectivity index (χ1) is 6.83. The van der Waals surface area contributed by atoms with E-state index >= 15 is 0 Å². The molecule has 0 atom stereocenters. The van der Waals surface area contributed by atoms with E-state index in [1.54, 1.807) is 12.3 Å². The highest BCUT2D eigenvalue weighted by atomic mass is 32.2. The average Bonchev–Trinajstić information content (AvgIpc) is 2.20. The Labute approximate surface area is 92.2 Å². The number of rotatable bonds is 3. The van der Waals surface area contributed by atoms with Gasteiger partial charge in [-0.2, -0.15) is 0 Å². The summed E-state index contributed by atoms with van der Waals surface area (Å²) in [5, 5.41) is 11.4. The molecule has 5 heteroatoms. The Morgan fingerprint density at radius 1 is 1.64 bits per heavy atom. The zero-order valence-corrected chi connectivity index (χ0v) is 9.02. The SMILES string of the molecule is OC=CCSC(=S)Nc1ccccn1. The molecule has 1 aromatic rings. The normalized spacial score (nSPS) is 10.3. The van der Waals surface area contributed by atoms with E-state index in [1.807, 2.05) is 18.2 Å². The fraction of sp³-hybridized carbons (Fsp3) is 0.111. The average molecular weight is 226 g/mol. The van der Waals surface area contributed by atoms with Gasteiger partial charge in [0.05, 0.1) is 6.26 Å². The van der Waals surface area contributed by atoms with E-state index in [9.17, 15) is 0 Å². The van der Waals surface area contributed by atoms with Crippen LogP contribution in [0.1, 0.15) is 0 Å². The fourth-order valence-corrected chi connectivity index (χ4v) is 1.56. The number of anilines is 1. The second-order valence-corrected chi connectivity index (χ2v) is 4.02. The van der Waals surface area contributed by atoms with Gasteiger partial charge in [0.2, 0.25) is 0 Å². The molecule has 1 heterocycles. The standard InChI is InChI=1S/C9H10N2OS2/c12-6-3-7-14-9(13)11-8-4-1-2-5-10-8/h1-6,12H,7H2,(H,10,11,13). The second-order valence-electron chi connectivity index (χ2n) is 2.32. The molecule has 2 N–H and O–H groups in total. The van der Waals surface area contributed by atoms with E-state index in [-0.39, 0.29) is 0 Å². The van der Waals surface area contributed by atoms with E-state index in [0.29, 0.717) is 10.1 Å². The summed E-state index contributed by atoms with van der Waals surface area (Å²) >= 11 is 6.48. The number of thiocarbonyl (C=S) groups is 1. The molecule has 0 fully saturated rings. The van der Waals surface area contributed by atoms with Crippen LogP contribution < -0.4 is 5.32 Å². The van der Waals surface area contributed by atoms with Crippen molar-refractivity contribution in [3.05, 3.63) is 36.7 Å². The Morgan fingerprint density at radius 3 is 3.14 bits per heavy atom. The van der Waals surface area contributed by atoms with E-state index in [1.165, 1.54) is 11.8 Å². The largest absolute Gasteiger partial charge is 0.516 e. The molecule has 1 rings (SSSR count). The van der Waals surface area contributed by atoms with Crippen molar-refractivity contribution in [1.82, 2.24) is 4.98 Å². The van der Waals surface area contributed by atoms with Crippen molar-refractivity contribution >= 4 is 34.1 Å². The summed E-state index contributed by atoms with van der Waals surface area (Å²) < 4.78 is 0.641. The van der Waals surface area contributed by atoms with Gasteiger partial charge in [-0.3, -0.25) is 0 Å². The predicted octanol–water partition coefficient (Wildman–Crippen LogP) is 2.58. The molecular weight excluding hydrogens is 216 g/mol. The lowest BCUT2D eigenvalue weighted by Gasteiger charge is -2.03. The maximum absolute atomic E-state index is 8.40. The highest BCUT2D eigenvalue weighted by Crippen LogP contribution is 2.08. The first-order valence-electron chi connectivity index (χ1n) is 3.97. The van der Waals surface area contributed by atoms with E-state index in [0.717, 1.165) is 12.1 Å². The van der Waals surface area contributed by atoms with Gasteiger partial charge in [0.25, 0.3) is 0 Å². The highest BCUT2D eigenvalue weighted by Gasteiger charge is 1.96. The molecule has 0 saturated heterocycles. The van der Waals surface area contributed by atoms with Gasteiger partial charge in [0.1, 0.15) is 10.1 Å². The molecule has 3 nitrogen and oxygen atoms in total. The maximum Gasteiger partial charge on any atom is 0.139 e. The zero-order chi connectivity index (χ0) is 10.2. The van der Waals surface area contributed by atoms with Crippen molar-refractivity contribution in [3.63, 3.8) is 0 Å². The number of aliphatic hydroxyl groups is 1. The molecule has 0 aliphatic heterocycles. The highest BCUT2D eigenvalue weighted by molar-refractivity contribution is 8.23. The van der Waals surface area contributed by atoms with Crippen LogP contribution in [0.4, 0.5) is 5.82 Å². The van der Waals surface area contributed by atoms with Crippen molar-refractivity contribution in [2.45, 2.75) is 0 Å². The van der Waals surface area contributed by atoms with Crippen molar-refractivity contribution in [3.8, 4) is 0 Å². The topological polar surface area (TPSA) is 45.1 Å². The minimum absolute atomic E-state index is 0.641. The molecule has 0 radical (unpaired) electrons. The van der Waals surface area contributed by atoms with Crippen LogP contribution in [-0.2, 0) is 0 Å². The van der Waals surface area contributed by atoms with Crippen LogP contribution in [0, 0.1) is 0 Å². The third-order valence-corrected chi connectivity index (χ3v) is 2.49. The van der Waals surface area contributed by atoms with Crippen LogP contribution in [0.2, 0.25) is 0 Å². The number of hydrogen-bond donors (Lipinski definition) is 2. The van der Waals surface area contributed by atoms with E-state index in [4.69, 9.17) is 17.3 Å². The Morgan fingerprint density at radius 2 is 2.50 bits per heavy atom. The molecule has 0 spiro atoms. The molecule has 0 aliphatic carbocycles. The summed E-state index contributed by atoms with van der Waals surface area (Å²) in [6.07, 6.45) is 4.33. The van der Waals surface area contributed by atoms with Crippen molar-refractivity contribution in [1.29, 1.82) is 0 Å². The summed E-state index contributed by atoms with van der Waals surface area (Å²) in [6.45, 7) is 0. The number of aliphatic hydroxyl groups excluding tert-OH is 1. The molecule has 14 heavy (non-hydrogen) atoms. The van der Waals surface area contributed by atoms with Crippen LogP contribution in [0.25, 0.3) is 0 Å². The Balaban J connectivity index is 2.34. The lowest BCUT2D eigenvalue weighted by molar-refractivity contribution is 0.473. The van der Waals surface area contributed by atoms with Gasteiger partial charge in [-0.15, -0.1) is 0 Å². The van der Waals surface area contributed by atoms with Crippen molar-refractivity contribution in [2.75, 3.05) is 11.1 Å². The lowest BCUT2D eigenvalue weighted by atomic mass is 10.5. The van der Waals surface area contributed by atoms with E-state index in [2.05, 4.69) is 10.3 Å². The minimum atomic E-state index is 0.641. The third-order valence-electron chi connectivity index (χ3n) is 1.31. The summed E-state index contributed by atoms with van der Waals surface area (Å²) in [6, 6.07) is 5.57. The molecule has 0 aromatic carbocycles. The molecular formula is C9H10N2OS2. The molecule has 0 aliphatic rings. The van der Waals surface area contributed by atoms with Crippen LogP contribution >= 0.6 is 24.0 Å². The van der Waals surface area contributed by atoms with Gasteiger partial charge in [-0.1, -0.05) is 30.0 Å². The number of pyridine rings is 1. The first-order valence-corrected chi connectivity index (χ1v) is 5.36. The molecule has 1 aromatic heterocycles. The van der Waals surface area contributed by atoms with Crippen LogP contribution in [0.3, 0.4) is 0 Å². The summed E-state index contributed by atoms with van der Waals surface area (Å²) in [5.74, 6) is 1.38. The monoisotopic (exact) mass is 226 g/mol. The second kappa shape index (κ2) is 6.39. The summed E-state index contributed by atoms with van der Waals surface area (Å²) in [5.41, 5.74) is 0. The molecule has 0 amide bonds. The number of nitrogens with zero attached hydrogens (tertiary/aromatic N) is 1. The Bertz CT molecular complexity index is 314. The van der Waals surface area contributed by atoms with Crippen molar-refractivity contribution in [2.24, 2.45) is 0 Å². The van der Waals surface area contributed by atoms with Gasteiger partial charge in [0, 0.05) is 11.9 Å². The van der Waals surface area contributed by atoms with E-state index < -0.39 is 0 Å². The number of nitrogens with one attached hydrogen (secondary N) is 1. The third kappa shape index (κ3) is 4.25. The van der Waals surface area contributed by atoms with Gasteiger partial charge in [0.15, 0.2) is 0 Å². The van der Waals surface area contributed by atoms with Gasteiger partial charge < -0.3 is 10.4 Å². The Kier molecular flexibility index (Phi) is 5.03. The van der Waals surface area contributed by atoms with Crippen LogP contribution in [0.5, 0.6) is 0 Å². The zero-order valence-electron chi connectivity index (χ0n) is 7.38. The summed E-state index contributed by atoms with van der Waals surface area (Å²) in [4.78, 5) is 4.07. The quantitative estimate of drug-likeness (QED) is 0.612. The summed E-state index contributed by atoms with van der Waals surface area (Å²) in [7, 11) is 0. The Hall–Kier alpha value is -1.07. The van der Waals surface area contributed by atoms with Gasteiger partial charge in [-0.25, -0.2) is 4.98 Å². The molecule has 0 bridgehead atoms. The van der Waals surface area contributed by atoms with Crippen LogP contribution in [0.15, 0.2) is 36.7 Å². The number of thioether (sulfide) groups is 1. The van der Waals surface area contributed by atoms with Gasteiger partial charge >= 0.3 is 0 Å². The first kappa shape index (κ1) is 11.0. The minimum Gasteiger partial charge on any atom is -0.516 e. The fourth-order valence-electron chi connectivity index (χ4n) is 0.744. The number of hydrogen-bond acceptors (Lipinski definition) is 4. The smallest absolute Gasteiger partial charge is 0.139 e. The molecule has 0 unspecified atom stereocenters. The lowest BCUT2D eigenvalue weighted by Crippen LogP contribution is -2.05. The molecule has 74 valence electrons. The van der Waals surface area contributed by atoms with Gasteiger partial charge in [-0.05, 0) is 18.2 Å².